The summed E-state index contributed by atoms with van der Waals surface area (Å²) >= 11 is 0. The van der Waals surface area contributed by atoms with Crippen molar-refractivity contribution in [3.63, 3.8) is 0 Å². The van der Waals surface area contributed by atoms with Gasteiger partial charge >= 0.3 is 0 Å². The van der Waals surface area contributed by atoms with Crippen LogP contribution in [0.15, 0.2) is 71.8 Å². The Bertz CT molecular complexity index is 1830. The lowest BCUT2D eigenvalue weighted by Crippen LogP contribution is -2.32. The van der Waals surface area contributed by atoms with Crippen molar-refractivity contribution in [1.29, 1.82) is 0 Å². The molecule has 0 bridgehead atoms. The number of carbonyl (C=O) groups is 1. The normalized spacial score (nSPS) is 14.1. The maximum atomic E-state index is 15.2. The van der Waals surface area contributed by atoms with Crippen LogP contribution >= 0.6 is 0 Å². The summed E-state index contributed by atoms with van der Waals surface area (Å²) < 4.78 is 41.4. The van der Waals surface area contributed by atoms with Crippen LogP contribution in [0, 0.1) is 17.6 Å². The highest BCUT2D eigenvalue weighted by atomic mass is 19.1. The van der Waals surface area contributed by atoms with E-state index in [2.05, 4.69) is 37.5 Å². The van der Waals surface area contributed by atoms with Gasteiger partial charge in [-0.25, -0.2) is 13.8 Å². The number of aromatic nitrogens is 5. The molecule has 220 valence electrons. The number of fused-ring (bicyclic) bond motifs is 1. The van der Waals surface area contributed by atoms with Gasteiger partial charge in [-0.15, -0.1) is 5.10 Å². The summed E-state index contributed by atoms with van der Waals surface area (Å²) in [5.74, 6) is -1.07. The van der Waals surface area contributed by atoms with E-state index in [1.165, 1.54) is 54.9 Å². The lowest BCUT2D eigenvalue weighted by molar-refractivity contribution is 0.102. The zero-order valence-corrected chi connectivity index (χ0v) is 23.1. The van der Waals surface area contributed by atoms with Gasteiger partial charge in [0, 0.05) is 30.2 Å². The van der Waals surface area contributed by atoms with Crippen LogP contribution in [0.2, 0.25) is 0 Å². The molecule has 1 aliphatic heterocycles. The van der Waals surface area contributed by atoms with Gasteiger partial charge in [-0.3, -0.25) is 14.7 Å². The van der Waals surface area contributed by atoms with Crippen molar-refractivity contribution in [2.75, 3.05) is 32.1 Å². The Hall–Kier alpha value is -5.17. The molecule has 11 nitrogen and oxygen atoms in total. The Labute approximate surface area is 244 Å². The maximum Gasteiger partial charge on any atom is 0.284 e. The van der Waals surface area contributed by atoms with Gasteiger partial charge in [0.25, 0.3) is 11.5 Å². The molecule has 2 N–H and O–H groups in total. The molecule has 0 unspecified atom stereocenters. The van der Waals surface area contributed by atoms with E-state index in [-0.39, 0.29) is 22.7 Å². The summed E-state index contributed by atoms with van der Waals surface area (Å²) in [6.07, 6.45) is 4.84. The molecule has 0 radical (unpaired) electrons. The molecular formula is C30H27F2N7O4. The number of rotatable bonds is 8. The van der Waals surface area contributed by atoms with E-state index in [0.29, 0.717) is 35.2 Å². The Kier molecular flexibility index (Phi) is 7.79. The van der Waals surface area contributed by atoms with E-state index in [4.69, 9.17) is 9.47 Å². The molecule has 0 saturated carbocycles. The summed E-state index contributed by atoms with van der Waals surface area (Å²) in [6.45, 7) is 2.52. The molecule has 1 saturated heterocycles. The smallest absolute Gasteiger partial charge is 0.284 e. The highest BCUT2D eigenvalue weighted by Gasteiger charge is 2.21. The summed E-state index contributed by atoms with van der Waals surface area (Å²) in [7, 11) is 2.10. The van der Waals surface area contributed by atoms with E-state index in [1.807, 2.05) is 0 Å². The largest absolute Gasteiger partial charge is 0.476 e. The number of carbonyl (C=O) groups excluding carboxylic acids is 1. The number of anilines is 1. The molecule has 4 heterocycles. The molecule has 2 aromatic carbocycles. The number of benzene rings is 2. The second-order valence-electron chi connectivity index (χ2n) is 10.3. The van der Waals surface area contributed by atoms with Gasteiger partial charge < -0.3 is 19.7 Å². The van der Waals surface area contributed by atoms with E-state index >= 15 is 4.39 Å². The molecule has 3 aromatic heterocycles. The SMILES string of the molecule is CN1CCC(COc2n[nH]c3nccc(Oc4ccc(NC(=O)c5ccnn(-c6ccc(F)cc6)c5=O)cc4F)c23)CC1. The van der Waals surface area contributed by atoms with Crippen LogP contribution in [-0.4, -0.2) is 62.5 Å². The number of halogens is 2. The first-order chi connectivity index (χ1) is 20.9. The van der Waals surface area contributed by atoms with Gasteiger partial charge in [0.15, 0.2) is 17.2 Å². The van der Waals surface area contributed by atoms with E-state index in [1.54, 1.807) is 6.07 Å². The lowest BCUT2D eigenvalue weighted by atomic mass is 9.98. The summed E-state index contributed by atoms with van der Waals surface area (Å²) in [5.41, 5.74) is -0.130. The fraction of sp³-hybridized carbons (Fsp3) is 0.233. The number of amides is 1. The molecule has 1 fully saturated rings. The third kappa shape index (κ3) is 6.06. The van der Waals surface area contributed by atoms with Gasteiger partial charge in [0.05, 0.1) is 12.3 Å². The van der Waals surface area contributed by atoms with Gasteiger partial charge in [-0.2, -0.15) is 9.78 Å². The summed E-state index contributed by atoms with van der Waals surface area (Å²) in [5, 5.41) is 14.0. The highest BCUT2D eigenvalue weighted by Crippen LogP contribution is 2.36. The van der Waals surface area contributed by atoms with Crippen LogP contribution in [0.3, 0.4) is 0 Å². The fourth-order valence-corrected chi connectivity index (χ4v) is 4.84. The first-order valence-electron chi connectivity index (χ1n) is 13.6. The predicted molar refractivity (Wildman–Crippen MR) is 154 cm³/mol. The second kappa shape index (κ2) is 12.0. The van der Waals surface area contributed by atoms with Crippen molar-refractivity contribution in [3.8, 4) is 23.1 Å². The molecule has 13 heteroatoms. The highest BCUT2D eigenvalue weighted by molar-refractivity contribution is 6.04. The zero-order valence-electron chi connectivity index (χ0n) is 23.1. The van der Waals surface area contributed by atoms with Crippen LogP contribution in [0.1, 0.15) is 23.2 Å². The topological polar surface area (TPSA) is 127 Å². The fourth-order valence-electron chi connectivity index (χ4n) is 4.84. The van der Waals surface area contributed by atoms with Crippen LogP contribution in [0.5, 0.6) is 17.4 Å². The molecule has 1 amide bonds. The predicted octanol–water partition coefficient (Wildman–Crippen LogP) is 4.55. The second-order valence-corrected chi connectivity index (χ2v) is 10.3. The molecule has 0 spiro atoms. The third-order valence-corrected chi connectivity index (χ3v) is 7.26. The van der Waals surface area contributed by atoms with Gasteiger partial charge in [-0.1, -0.05) is 0 Å². The molecule has 0 aliphatic carbocycles. The number of ether oxygens (including phenoxy) is 2. The van der Waals surface area contributed by atoms with Crippen molar-refractivity contribution >= 4 is 22.6 Å². The monoisotopic (exact) mass is 587 g/mol. The van der Waals surface area contributed by atoms with Crippen molar-refractivity contribution in [2.24, 2.45) is 5.92 Å². The van der Waals surface area contributed by atoms with Crippen LogP contribution in [0.4, 0.5) is 14.5 Å². The van der Waals surface area contributed by atoms with Gasteiger partial charge in [0.1, 0.15) is 22.5 Å². The van der Waals surface area contributed by atoms with Gasteiger partial charge in [-0.05, 0) is 81.4 Å². The van der Waals surface area contributed by atoms with Crippen molar-refractivity contribution in [1.82, 2.24) is 29.9 Å². The quantitative estimate of drug-likeness (QED) is 0.271. The molecule has 43 heavy (non-hydrogen) atoms. The number of piperidine rings is 1. The molecule has 6 rings (SSSR count). The van der Waals surface area contributed by atoms with Crippen LogP contribution in [-0.2, 0) is 0 Å². The lowest BCUT2D eigenvalue weighted by Gasteiger charge is -2.28. The third-order valence-electron chi connectivity index (χ3n) is 7.26. The molecule has 1 aliphatic rings. The first kappa shape index (κ1) is 28.0. The first-order valence-corrected chi connectivity index (χ1v) is 13.6. The minimum atomic E-state index is -0.767. The van der Waals surface area contributed by atoms with E-state index in [9.17, 15) is 14.0 Å². The zero-order chi connectivity index (χ0) is 29.9. The summed E-state index contributed by atoms with van der Waals surface area (Å²) in [6, 6.07) is 11.8. The average molecular weight is 588 g/mol. The van der Waals surface area contributed by atoms with Crippen molar-refractivity contribution in [2.45, 2.75) is 12.8 Å². The molecule has 0 atom stereocenters. The van der Waals surface area contributed by atoms with Gasteiger partial charge in [0.2, 0.25) is 5.88 Å². The average Bonchev–Trinajstić information content (AvgIpc) is 3.43. The molecule has 5 aromatic rings. The Morgan fingerprint density at radius 1 is 1.05 bits per heavy atom. The number of H-pyrrole nitrogens is 1. The molecular weight excluding hydrogens is 560 g/mol. The minimum absolute atomic E-state index is 0.101. The number of hydrogen-bond acceptors (Lipinski definition) is 8. The standard InChI is InChI=1S/C30H27F2N7O4/c1-38-14-10-18(11-15-38)17-42-29-26-25(9-12-33-27(26)36-37-29)43-24-7-4-20(16-23(24)32)35-28(40)22-8-13-34-39(30(22)41)21-5-2-19(31)3-6-21/h2-9,12-13,16,18H,10-11,14-15,17H2,1H3,(H,35,40)(H,33,36,37). The van der Waals surface area contributed by atoms with Crippen LogP contribution in [0.25, 0.3) is 16.7 Å². The van der Waals surface area contributed by atoms with E-state index < -0.39 is 23.1 Å². The van der Waals surface area contributed by atoms with Crippen molar-refractivity contribution < 1.29 is 23.0 Å². The van der Waals surface area contributed by atoms with E-state index in [0.717, 1.165) is 36.7 Å². The Balaban J connectivity index is 1.17. The number of nitrogens with zero attached hydrogens (tertiary/aromatic N) is 5. The number of nitrogens with one attached hydrogen (secondary N) is 2. The Morgan fingerprint density at radius 2 is 1.84 bits per heavy atom. The minimum Gasteiger partial charge on any atom is -0.476 e. The maximum absolute atomic E-state index is 15.2. The Morgan fingerprint density at radius 3 is 2.60 bits per heavy atom. The number of likely N-dealkylation sites (tertiary alicyclic amines) is 1. The number of hydrogen-bond donors (Lipinski definition) is 2. The van der Waals surface area contributed by atoms with Crippen molar-refractivity contribution in [3.05, 3.63) is 94.5 Å². The summed E-state index contributed by atoms with van der Waals surface area (Å²) in [4.78, 5) is 32.4. The van der Waals surface area contributed by atoms with Crippen LogP contribution < -0.4 is 20.3 Å². The number of aromatic amines is 1. The number of pyridine rings is 1.